The van der Waals surface area contributed by atoms with Gasteiger partial charge in [0.1, 0.15) is 6.04 Å². The van der Waals surface area contributed by atoms with Crippen LogP contribution in [0.5, 0.6) is 0 Å². The molecule has 0 aliphatic carbocycles. The molecule has 1 aliphatic heterocycles. The molecule has 102 valence electrons. The lowest BCUT2D eigenvalue weighted by Gasteiger charge is -2.33. The van der Waals surface area contributed by atoms with Crippen molar-refractivity contribution >= 4 is 11.8 Å². The van der Waals surface area contributed by atoms with E-state index in [9.17, 15) is 9.59 Å². The molecule has 0 saturated carbocycles. The zero-order chi connectivity index (χ0) is 13.8. The molecule has 1 saturated heterocycles. The molecule has 0 radical (unpaired) electrons. The number of hydrogen-bond acceptors (Lipinski definition) is 2. The maximum Gasteiger partial charge on any atom is 0.245 e. The SMILES string of the molecule is CC(C)CN1CC(=O)NC(Cc2ccccc2)C1=O. The Hall–Kier alpha value is -1.84. The Bertz CT molecular complexity index is 456. The summed E-state index contributed by atoms with van der Waals surface area (Å²) < 4.78 is 0. The van der Waals surface area contributed by atoms with E-state index in [2.05, 4.69) is 5.32 Å². The maximum atomic E-state index is 12.3. The Kier molecular flexibility index (Phi) is 4.20. The third-order valence-electron chi connectivity index (χ3n) is 3.15. The van der Waals surface area contributed by atoms with Crippen molar-refractivity contribution in [3.8, 4) is 0 Å². The molecular formula is C15H20N2O2. The largest absolute Gasteiger partial charge is 0.342 e. The second kappa shape index (κ2) is 5.87. The lowest BCUT2D eigenvalue weighted by molar-refractivity contribution is -0.144. The zero-order valence-corrected chi connectivity index (χ0v) is 11.4. The predicted octanol–water partition coefficient (Wildman–Crippen LogP) is 1.21. The fourth-order valence-corrected chi connectivity index (χ4v) is 2.36. The molecule has 4 nitrogen and oxygen atoms in total. The number of hydrogen-bond donors (Lipinski definition) is 1. The molecule has 1 atom stereocenters. The monoisotopic (exact) mass is 260 g/mol. The summed E-state index contributed by atoms with van der Waals surface area (Å²) in [6, 6.07) is 9.34. The molecule has 0 aromatic heterocycles. The number of carbonyl (C=O) groups is 2. The molecule has 1 heterocycles. The van der Waals surface area contributed by atoms with Crippen LogP contribution in [0.15, 0.2) is 30.3 Å². The van der Waals surface area contributed by atoms with Crippen molar-refractivity contribution in [3.63, 3.8) is 0 Å². The molecule has 19 heavy (non-hydrogen) atoms. The molecule has 1 aliphatic rings. The molecule has 1 aromatic rings. The standard InChI is InChI=1S/C15H20N2O2/c1-11(2)9-17-10-14(18)16-13(15(17)19)8-12-6-4-3-5-7-12/h3-7,11,13H,8-10H2,1-2H3,(H,16,18). The fourth-order valence-electron chi connectivity index (χ4n) is 2.36. The molecule has 2 rings (SSSR count). The van der Waals surface area contributed by atoms with Crippen molar-refractivity contribution in [2.24, 2.45) is 5.92 Å². The van der Waals surface area contributed by atoms with Crippen LogP contribution in [0.25, 0.3) is 0 Å². The Morgan fingerprint density at radius 3 is 2.58 bits per heavy atom. The van der Waals surface area contributed by atoms with Crippen LogP contribution in [-0.2, 0) is 16.0 Å². The van der Waals surface area contributed by atoms with Gasteiger partial charge in [0, 0.05) is 13.0 Å². The first-order chi connectivity index (χ1) is 9.06. The number of piperazine rings is 1. The summed E-state index contributed by atoms with van der Waals surface area (Å²) in [7, 11) is 0. The van der Waals surface area contributed by atoms with Crippen LogP contribution in [-0.4, -0.2) is 35.8 Å². The third kappa shape index (κ3) is 3.56. The highest BCUT2D eigenvalue weighted by atomic mass is 16.2. The van der Waals surface area contributed by atoms with Crippen molar-refractivity contribution < 1.29 is 9.59 Å². The van der Waals surface area contributed by atoms with E-state index in [0.717, 1.165) is 5.56 Å². The summed E-state index contributed by atoms with van der Waals surface area (Å²) in [6.45, 7) is 4.91. The highest BCUT2D eigenvalue weighted by Crippen LogP contribution is 2.11. The van der Waals surface area contributed by atoms with Crippen molar-refractivity contribution in [2.45, 2.75) is 26.3 Å². The first-order valence-electron chi connectivity index (χ1n) is 6.68. The van der Waals surface area contributed by atoms with Crippen LogP contribution < -0.4 is 5.32 Å². The fraction of sp³-hybridized carbons (Fsp3) is 0.467. The van der Waals surface area contributed by atoms with Crippen molar-refractivity contribution in [3.05, 3.63) is 35.9 Å². The number of rotatable bonds is 4. The summed E-state index contributed by atoms with van der Waals surface area (Å²) in [5.41, 5.74) is 1.06. The van der Waals surface area contributed by atoms with E-state index >= 15 is 0 Å². The number of nitrogens with zero attached hydrogens (tertiary/aromatic N) is 1. The van der Waals surface area contributed by atoms with Gasteiger partial charge in [0.2, 0.25) is 11.8 Å². The van der Waals surface area contributed by atoms with Gasteiger partial charge in [-0.05, 0) is 11.5 Å². The van der Waals surface area contributed by atoms with Gasteiger partial charge in [-0.15, -0.1) is 0 Å². The maximum absolute atomic E-state index is 12.3. The van der Waals surface area contributed by atoms with E-state index in [1.165, 1.54) is 0 Å². The van der Waals surface area contributed by atoms with Crippen molar-refractivity contribution in [2.75, 3.05) is 13.1 Å². The van der Waals surface area contributed by atoms with Crippen LogP contribution in [0.4, 0.5) is 0 Å². The zero-order valence-electron chi connectivity index (χ0n) is 11.4. The molecule has 4 heteroatoms. The number of nitrogens with one attached hydrogen (secondary N) is 1. The second-order valence-electron chi connectivity index (χ2n) is 5.42. The van der Waals surface area contributed by atoms with Gasteiger partial charge in [-0.25, -0.2) is 0 Å². The minimum atomic E-state index is -0.428. The summed E-state index contributed by atoms with van der Waals surface area (Å²) >= 11 is 0. The van der Waals surface area contributed by atoms with E-state index in [1.807, 2.05) is 44.2 Å². The van der Waals surface area contributed by atoms with Gasteiger partial charge in [0.15, 0.2) is 0 Å². The lowest BCUT2D eigenvalue weighted by atomic mass is 10.0. The first kappa shape index (κ1) is 13.6. The quantitative estimate of drug-likeness (QED) is 0.884. The minimum Gasteiger partial charge on any atom is -0.342 e. The van der Waals surface area contributed by atoms with E-state index in [0.29, 0.717) is 18.9 Å². The summed E-state index contributed by atoms with van der Waals surface area (Å²) in [5.74, 6) is 0.325. The topological polar surface area (TPSA) is 49.4 Å². The molecule has 1 aromatic carbocycles. The van der Waals surface area contributed by atoms with Crippen molar-refractivity contribution in [1.82, 2.24) is 10.2 Å². The summed E-state index contributed by atoms with van der Waals surface area (Å²) in [4.78, 5) is 25.7. The molecule has 1 N–H and O–H groups in total. The number of benzene rings is 1. The Labute approximate surface area is 113 Å². The Balaban J connectivity index is 2.07. The summed E-state index contributed by atoms with van der Waals surface area (Å²) in [6.07, 6.45) is 0.556. The third-order valence-corrected chi connectivity index (χ3v) is 3.15. The molecule has 1 fully saturated rings. The predicted molar refractivity (Wildman–Crippen MR) is 73.5 cm³/mol. The molecule has 0 bridgehead atoms. The number of carbonyl (C=O) groups excluding carboxylic acids is 2. The van der Waals surface area contributed by atoms with Gasteiger partial charge in [-0.1, -0.05) is 44.2 Å². The molecule has 1 unspecified atom stereocenters. The van der Waals surface area contributed by atoms with E-state index in [-0.39, 0.29) is 18.4 Å². The van der Waals surface area contributed by atoms with Crippen molar-refractivity contribution in [1.29, 1.82) is 0 Å². The van der Waals surface area contributed by atoms with Gasteiger partial charge >= 0.3 is 0 Å². The minimum absolute atomic E-state index is 0.0251. The van der Waals surface area contributed by atoms with Crippen LogP contribution in [0.2, 0.25) is 0 Å². The van der Waals surface area contributed by atoms with Crippen LogP contribution in [0.3, 0.4) is 0 Å². The Morgan fingerprint density at radius 1 is 1.26 bits per heavy atom. The average Bonchev–Trinajstić information content (AvgIpc) is 2.35. The molecular weight excluding hydrogens is 240 g/mol. The summed E-state index contributed by atoms with van der Waals surface area (Å²) in [5, 5.41) is 2.79. The van der Waals surface area contributed by atoms with Crippen LogP contribution in [0, 0.1) is 5.92 Å². The Morgan fingerprint density at radius 2 is 1.95 bits per heavy atom. The van der Waals surface area contributed by atoms with Crippen LogP contribution in [0.1, 0.15) is 19.4 Å². The van der Waals surface area contributed by atoms with Gasteiger partial charge < -0.3 is 10.2 Å². The highest BCUT2D eigenvalue weighted by Gasteiger charge is 2.32. The average molecular weight is 260 g/mol. The molecule has 2 amide bonds. The van der Waals surface area contributed by atoms with Crippen LogP contribution >= 0.6 is 0 Å². The second-order valence-corrected chi connectivity index (χ2v) is 5.42. The lowest BCUT2D eigenvalue weighted by Crippen LogP contribution is -2.59. The van der Waals surface area contributed by atoms with Gasteiger partial charge in [0.25, 0.3) is 0 Å². The van der Waals surface area contributed by atoms with Gasteiger partial charge in [0.05, 0.1) is 6.54 Å². The normalized spacial score (nSPS) is 19.7. The number of amides is 2. The highest BCUT2D eigenvalue weighted by molar-refractivity contribution is 5.95. The first-order valence-corrected chi connectivity index (χ1v) is 6.68. The van der Waals surface area contributed by atoms with E-state index in [1.54, 1.807) is 4.90 Å². The van der Waals surface area contributed by atoms with E-state index in [4.69, 9.17) is 0 Å². The smallest absolute Gasteiger partial charge is 0.245 e. The molecule has 0 spiro atoms. The van der Waals surface area contributed by atoms with Gasteiger partial charge in [-0.3, -0.25) is 9.59 Å². The van der Waals surface area contributed by atoms with Gasteiger partial charge in [-0.2, -0.15) is 0 Å². The van der Waals surface area contributed by atoms with E-state index < -0.39 is 6.04 Å².